The van der Waals surface area contributed by atoms with Gasteiger partial charge in [0.25, 0.3) is 0 Å². The maximum absolute atomic E-state index is 11.5. The molecule has 1 fully saturated rings. The van der Waals surface area contributed by atoms with Crippen LogP contribution in [0, 0.1) is 11.8 Å². The summed E-state index contributed by atoms with van der Waals surface area (Å²) in [4.78, 5) is 22.9. The van der Waals surface area contributed by atoms with E-state index in [1.165, 1.54) is 6.42 Å². The Kier molecular flexibility index (Phi) is 1.85. The summed E-state index contributed by atoms with van der Waals surface area (Å²) in [5.74, 6) is 0.766. The molecular formula is C15H12O3. The maximum atomic E-state index is 11.5. The second-order valence-electron chi connectivity index (χ2n) is 5.37. The molecule has 2 aliphatic carbocycles. The molecule has 90 valence electrons. The third-order valence-electron chi connectivity index (χ3n) is 4.38. The van der Waals surface area contributed by atoms with Crippen molar-refractivity contribution in [1.29, 1.82) is 0 Å². The largest absolute Gasteiger partial charge is 0.386 e. The zero-order valence-electron chi connectivity index (χ0n) is 9.76. The van der Waals surface area contributed by atoms with Crippen molar-refractivity contribution in [2.24, 2.45) is 11.8 Å². The highest BCUT2D eigenvalue weighted by Gasteiger charge is 2.38. The molecule has 0 radical (unpaired) electrons. The Balaban J connectivity index is 1.76. The molecule has 0 saturated heterocycles. The highest BCUT2D eigenvalue weighted by Crippen LogP contribution is 2.49. The zero-order valence-corrected chi connectivity index (χ0v) is 9.76. The fourth-order valence-electron chi connectivity index (χ4n) is 3.50. The molecule has 3 heteroatoms. The van der Waals surface area contributed by atoms with Gasteiger partial charge in [-0.3, -0.25) is 0 Å². The van der Waals surface area contributed by atoms with Crippen molar-refractivity contribution < 1.29 is 14.3 Å². The lowest BCUT2D eigenvalue weighted by Gasteiger charge is -2.18. The Morgan fingerprint density at radius 1 is 1.00 bits per heavy atom. The summed E-state index contributed by atoms with van der Waals surface area (Å²) in [6.07, 6.45) is 6.97. The summed E-state index contributed by atoms with van der Waals surface area (Å²) in [7, 11) is 0. The number of fused-ring (bicyclic) bond motifs is 3. The first-order valence-electron chi connectivity index (χ1n) is 6.31. The van der Waals surface area contributed by atoms with Gasteiger partial charge in [0, 0.05) is 0 Å². The first-order chi connectivity index (χ1) is 8.72. The molecule has 2 bridgehead atoms. The Labute approximate surface area is 104 Å². The number of esters is 2. The van der Waals surface area contributed by atoms with Crippen LogP contribution in [0.5, 0.6) is 0 Å². The van der Waals surface area contributed by atoms with Gasteiger partial charge in [-0.25, -0.2) is 9.59 Å². The normalized spacial score (nSPS) is 31.9. The van der Waals surface area contributed by atoms with Gasteiger partial charge in [0.05, 0.1) is 11.1 Å². The van der Waals surface area contributed by atoms with E-state index in [1.807, 2.05) is 12.1 Å². The minimum Gasteiger partial charge on any atom is -0.386 e. The van der Waals surface area contributed by atoms with Gasteiger partial charge in [-0.1, -0.05) is 18.2 Å². The minimum atomic E-state index is -0.519. The molecule has 4 rings (SSSR count). The number of hydrogen-bond acceptors (Lipinski definition) is 3. The Morgan fingerprint density at radius 3 is 2.56 bits per heavy atom. The van der Waals surface area contributed by atoms with Crippen LogP contribution in [-0.2, 0) is 4.74 Å². The van der Waals surface area contributed by atoms with Crippen molar-refractivity contribution in [3.05, 3.63) is 47.0 Å². The van der Waals surface area contributed by atoms with E-state index in [-0.39, 0.29) is 0 Å². The summed E-state index contributed by atoms with van der Waals surface area (Å²) < 4.78 is 4.62. The molecular weight excluding hydrogens is 228 g/mol. The van der Waals surface area contributed by atoms with Crippen LogP contribution in [0.3, 0.4) is 0 Å². The molecule has 0 aromatic heterocycles. The van der Waals surface area contributed by atoms with E-state index in [9.17, 15) is 9.59 Å². The molecule has 0 amide bonds. The molecule has 1 saturated carbocycles. The number of cyclic esters (lactones) is 2. The number of ether oxygens (including phenoxy) is 1. The standard InChI is InChI=1S/C15H12O3/c16-14-11-4-3-10(7-13(11)15(17)18-14)12-6-8-1-2-9(12)5-8/h1-4,7-9,12H,5-6H2. The third kappa shape index (κ3) is 1.24. The summed E-state index contributed by atoms with van der Waals surface area (Å²) in [5.41, 5.74) is 2.00. The minimum absolute atomic E-state index is 0.405. The third-order valence-corrected chi connectivity index (χ3v) is 4.38. The first kappa shape index (κ1) is 10.1. The molecule has 1 aliphatic heterocycles. The molecule has 3 aliphatic rings. The molecule has 1 aromatic rings. The lowest BCUT2D eigenvalue weighted by molar-refractivity contribution is 0.0444. The highest BCUT2D eigenvalue weighted by molar-refractivity contribution is 6.14. The molecule has 3 unspecified atom stereocenters. The smallest absolute Gasteiger partial charge is 0.346 e. The Hall–Kier alpha value is -1.90. The number of allylic oxidation sites excluding steroid dienone is 2. The van der Waals surface area contributed by atoms with Crippen molar-refractivity contribution in [2.45, 2.75) is 18.8 Å². The highest BCUT2D eigenvalue weighted by atomic mass is 16.6. The van der Waals surface area contributed by atoms with Gasteiger partial charge >= 0.3 is 11.9 Å². The summed E-state index contributed by atoms with van der Waals surface area (Å²) in [6.45, 7) is 0. The predicted octanol–water partition coefficient (Wildman–Crippen LogP) is 2.68. The Morgan fingerprint density at radius 2 is 1.83 bits per heavy atom. The molecule has 1 heterocycles. The summed E-state index contributed by atoms with van der Waals surface area (Å²) in [5, 5.41) is 0. The van der Waals surface area contributed by atoms with Crippen molar-refractivity contribution in [2.75, 3.05) is 0 Å². The second kappa shape index (κ2) is 3.31. The van der Waals surface area contributed by atoms with Crippen LogP contribution in [0.25, 0.3) is 0 Å². The quantitative estimate of drug-likeness (QED) is 0.430. The Bertz CT molecular complexity index is 600. The van der Waals surface area contributed by atoms with Crippen molar-refractivity contribution in [1.82, 2.24) is 0 Å². The van der Waals surface area contributed by atoms with Gasteiger partial charge in [-0.15, -0.1) is 0 Å². The number of carbonyl (C=O) groups is 2. The van der Waals surface area contributed by atoms with Gasteiger partial charge in [-0.05, 0) is 48.3 Å². The van der Waals surface area contributed by atoms with Crippen LogP contribution in [0.15, 0.2) is 30.4 Å². The molecule has 0 N–H and O–H groups in total. The van der Waals surface area contributed by atoms with Crippen molar-refractivity contribution in [3.8, 4) is 0 Å². The van der Waals surface area contributed by atoms with Crippen LogP contribution in [-0.4, -0.2) is 11.9 Å². The van der Waals surface area contributed by atoms with Gasteiger partial charge in [0.2, 0.25) is 0 Å². The van der Waals surface area contributed by atoms with Gasteiger partial charge < -0.3 is 4.74 Å². The zero-order chi connectivity index (χ0) is 12.3. The fourth-order valence-corrected chi connectivity index (χ4v) is 3.50. The van der Waals surface area contributed by atoms with Crippen LogP contribution >= 0.6 is 0 Å². The molecule has 3 atom stereocenters. The van der Waals surface area contributed by atoms with E-state index in [2.05, 4.69) is 16.9 Å². The number of hydrogen-bond donors (Lipinski definition) is 0. The van der Waals surface area contributed by atoms with Crippen LogP contribution < -0.4 is 0 Å². The van der Waals surface area contributed by atoms with Crippen LogP contribution in [0.1, 0.15) is 45.0 Å². The molecule has 3 nitrogen and oxygen atoms in total. The van der Waals surface area contributed by atoms with Crippen molar-refractivity contribution >= 4 is 11.9 Å². The van der Waals surface area contributed by atoms with E-state index in [1.54, 1.807) is 6.07 Å². The lowest BCUT2D eigenvalue weighted by atomic mass is 9.85. The summed E-state index contributed by atoms with van der Waals surface area (Å²) >= 11 is 0. The predicted molar refractivity (Wildman–Crippen MR) is 64.3 cm³/mol. The number of rotatable bonds is 1. The molecule has 0 spiro atoms. The molecule has 1 aromatic carbocycles. The maximum Gasteiger partial charge on any atom is 0.346 e. The van der Waals surface area contributed by atoms with E-state index < -0.39 is 11.9 Å². The van der Waals surface area contributed by atoms with Crippen LogP contribution in [0.2, 0.25) is 0 Å². The van der Waals surface area contributed by atoms with Crippen LogP contribution in [0.4, 0.5) is 0 Å². The average Bonchev–Trinajstić information content (AvgIpc) is 3.05. The average molecular weight is 240 g/mol. The number of carbonyl (C=O) groups excluding carboxylic acids is 2. The molecule has 18 heavy (non-hydrogen) atoms. The SMILES string of the molecule is O=C1OC(=O)c2cc(C3CC4C=CC3C4)ccc21. The topological polar surface area (TPSA) is 43.4 Å². The van der Waals surface area contributed by atoms with E-state index in [0.717, 1.165) is 12.0 Å². The lowest BCUT2D eigenvalue weighted by Crippen LogP contribution is -2.06. The summed E-state index contributed by atoms with van der Waals surface area (Å²) in [6, 6.07) is 5.55. The monoisotopic (exact) mass is 240 g/mol. The van der Waals surface area contributed by atoms with Crippen molar-refractivity contribution in [3.63, 3.8) is 0 Å². The second-order valence-corrected chi connectivity index (χ2v) is 5.37. The fraction of sp³-hybridized carbons (Fsp3) is 0.333. The van der Waals surface area contributed by atoms with Gasteiger partial charge in [0.1, 0.15) is 0 Å². The number of benzene rings is 1. The van der Waals surface area contributed by atoms with E-state index >= 15 is 0 Å². The van der Waals surface area contributed by atoms with E-state index in [0.29, 0.717) is 28.9 Å². The van der Waals surface area contributed by atoms with Gasteiger partial charge in [-0.2, -0.15) is 0 Å². The van der Waals surface area contributed by atoms with Gasteiger partial charge in [0.15, 0.2) is 0 Å². The first-order valence-corrected chi connectivity index (χ1v) is 6.31. The van der Waals surface area contributed by atoms with E-state index in [4.69, 9.17) is 0 Å².